The van der Waals surface area contributed by atoms with Crippen LogP contribution in [0.5, 0.6) is 17.2 Å². The maximum atomic E-state index is 12.3. The van der Waals surface area contributed by atoms with Crippen molar-refractivity contribution in [1.29, 1.82) is 0 Å². The SMILES string of the molecule is CN=C(NCCCN1C(=O)COc2ccccc21)N(C)Cc1cc(OC)c(OC)cc1C. The van der Waals surface area contributed by atoms with Gasteiger partial charge in [-0.3, -0.25) is 9.79 Å². The molecule has 1 heterocycles. The fourth-order valence-corrected chi connectivity index (χ4v) is 3.74. The number of nitrogens with one attached hydrogen (secondary N) is 1. The molecule has 0 spiro atoms. The van der Waals surface area contributed by atoms with Crippen LogP contribution in [0.2, 0.25) is 0 Å². The zero-order valence-corrected chi connectivity index (χ0v) is 19.5. The summed E-state index contributed by atoms with van der Waals surface area (Å²) in [6, 6.07) is 11.6. The minimum Gasteiger partial charge on any atom is -0.493 e. The molecule has 1 amide bonds. The number of anilines is 1. The average Bonchev–Trinajstić information content (AvgIpc) is 2.81. The van der Waals surface area contributed by atoms with Crippen LogP contribution < -0.4 is 24.4 Å². The topological polar surface area (TPSA) is 75.6 Å². The first-order valence-corrected chi connectivity index (χ1v) is 10.6. The number of hydrogen-bond acceptors (Lipinski definition) is 5. The van der Waals surface area contributed by atoms with E-state index in [4.69, 9.17) is 14.2 Å². The molecule has 1 aliphatic rings. The summed E-state index contributed by atoms with van der Waals surface area (Å²) in [5, 5.41) is 3.39. The molecule has 0 radical (unpaired) electrons. The Labute approximate surface area is 189 Å². The summed E-state index contributed by atoms with van der Waals surface area (Å²) in [6.07, 6.45) is 0.780. The first-order chi connectivity index (χ1) is 15.5. The van der Waals surface area contributed by atoms with E-state index < -0.39 is 0 Å². The Morgan fingerprint density at radius 2 is 1.94 bits per heavy atom. The maximum absolute atomic E-state index is 12.3. The van der Waals surface area contributed by atoms with Gasteiger partial charge in [-0.05, 0) is 48.7 Å². The van der Waals surface area contributed by atoms with Crippen LogP contribution in [0.3, 0.4) is 0 Å². The zero-order valence-electron chi connectivity index (χ0n) is 19.5. The van der Waals surface area contributed by atoms with Gasteiger partial charge in [0.05, 0.1) is 19.9 Å². The lowest BCUT2D eigenvalue weighted by Gasteiger charge is -2.29. The Hall–Kier alpha value is -3.42. The summed E-state index contributed by atoms with van der Waals surface area (Å²) < 4.78 is 16.3. The summed E-state index contributed by atoms with van der Waals surface area (Å²) in [5.74, 6) is 2.95. The minimum atomic E-state index is -0.0193. The van der Waals surface area contributed by atoms with E-state index >= 15 is 0 Å². The largest absolute Gasteiger partial charge is 0.493 e. The van der Waals surface area contributed by atoms with Crippen LogP contribution in [-0.2, 0) is 11.3 Å². The van der Waals surface area contributed by atoms with Gasteiger partial charge in [-0.25, -0.2) is 0 Å². The van der Waals surface area contributed by atoms with Crippen LogP contribution in [0.15, 0.2) is 41.4 Å². The molecule has 2 aromatic rings. The Bertz CT molecular complexity index is 976. The number of carbonyl (C=O) groups is 1. The highest BCUT2D eigenvalue weighted by molar-refractivity contribution is 5.97. The quantitative estimate of drug-likeness (QED) is 0.387. The van der Waals surface area contributed by atoms with Crippen LogP contribution in [0.25, 0.3) is 0 Å². The van der Waals surface area contributed by atoms with Gasteiger partial charge in [0.15, 0.2) is 24.1 Å². The van der Waals surface area contributed by atoms with Crippen LogP contribution in [-0.4, -0.2) is 64.8 Å². The van der Waals surface area contributed by atoms with Gasteiger partial charge in [0.2, 0.25) is 0 Å². The van der Waals surface area contributed by atoms with Gasteiger partial charge in [-0.15, -0.1) is 0 Å². The lowest BCUT2D eigenvalue weighted by molar-refractivity contribution is -0.121. The molecule has 0 saturated carbocycles. The molecule has 0 aliphatic carbocycles. The Morgan fingerprint density at radius 3 is 2.66 bits per heavy atom. The van der Waals surface area contributed by atoms with Gasteiger partial charge in [0.1, 0.15) is 5.75 Å². The monoisotopic (exact) mass is 440 g/mol. The third-order valence-electron chi connectivity index (χ3n) is 5.47. The van der Waals surface area contributed by atoms with Gasteiger partial charge >= 0.3 is 0 Å². The predicted octanol–water partition coefficient (Wildman–Crippen LogP) is 2.84. The van der Waals surface area contributed by atoms with E-state index in [0.717, 1.165) is 40.7 Å². The molecule has 1 N–H and O–H groups in total. The van der Waals surface area contributed by atoms with E-state index in [1.807, 2.05) is 43.4 Å². The number of fused-ring (bicyclic) bond motifs is 1. The Kier molecular flexibility index (Phi) is 7.81. The van der Waals surface area contributed by atoms with E-state index in [0.29, 0.717) is 25.4 Å². The van der Waals surface area contributed by atoms with E-state index in [1.165, 1.54) is 0 Å². The number of rotatable bonds is 8. The number of ether oxygens (including phenoxy) is 3. The van der Waals surface area contributed by atoms with Crippen molar-refractivity contribution in [2.45, 2.75) is 19.9 Å². The average molecular weight is 441 g/mol. The molecule has 8 nitrogen and oxygen atoms in total. The van der Waals surface area contributed by atoms with E-state index in [-0.39, 0.29) is 12.5 Å². The third-order valence-corrected chi connectivity index (χ3v) is 5.47. The van der Waals surface area contributed by atoms with Crippen molar-refractivity contribution in [2.75, 3.05) is 52.9 Å². The maximum Gasteiger partial charge on any atom is 0.265 e. The first kappa shape index (κ1) is 23.2. The summed E-state index contributed by atoms with van der Waals surface area (Å²) in [7, 11) is 7.03. The molecule has 0 fully saturated rings. The summed E-state index contributed by atoms with van der Waals surface area (Å²) >= 11 is 0. The molecule has 0 atom stereocenters. The third kappa shape index (κ3) is 5.25. The fourth-order valence-electron chi connectivity index (χ4n) is 3.74. The van der Waals surface area contributed by atoms with Crippen LogP contribution in [0.4, 0.5) is 5.69 Å². The molecular weight excluding hydrogens is 408 g/mol. The van der Waals surface area contributed by atoms with Crippen molar-refractivity contribution >= 4 is 17.6 Å². The molecule has 8 heteroatoms. The number of nitrogens with zero attached hydrogens (tertiary/aromatic N) is 3. The number of amides is 1. The van der Waals surface area contributed by atoms with Crippen molar-refractivity contribution in [1.82, 2.24) is 10.2 Å². The standard InChI is InChI=1S/C24H32N4O4/c1-17-13-21(30-4)22(31-5)14-18(17)15-27(3)24(25-2)26-11-8-12-28-19-9-6-7-10-20(19)32-16-23(28)29/h6-7,9-10,13-14H,8,11-12,15-16H2,1-5H3,(H,25,26). The number of aryl methyl sites for hydroxylation is 1. The van der Waals surface area contributed by atoms with Crippen molar-refractivity contribution in [3.8, 4) is 17.2 Å². The number of hydrogen-bond donors (Lipinski definition) is 1. The predicted molar refractivity (Wildman–Crippen MR) is 126 cm³/mol. The molecule has 0 bridgehead atoms. The second-order valence-electron chi connectivity index (χ2n) is 7.62. The lowest BCUT2D eigenvalue weighted by Crippen LogP contribution is -2.42. The highest BCUT2D eigenvalue weighted by Crippen LogP contribution is 2.32. The van der Waals surface area contributed by atoms with E-state index in [9.17, 15) is 4.79 Å². The van der Waals surface area contributed by atoms with Crippen molar-refractivity contribution < 1.29 is 19.0 Å². The fraction of sp³-hybridized carbons (Fsp3) is 0.417. The number of carbonyl (C=O) groups excluding carboxylic acids is 1. The van der Waals surface area contributed by atoms with Gasteiger partial charge < -0.3 is 29.3 Å². The van der Waals surface area contributed by atoms with Crippen LogP contribution in [0, 0.1) is 6.92 Å². The summed E-state index contributed by atoms with van der Waals surface area (Å²) in [4.78, 5) is 20.6. The molecular formula is C24H32N4O4. The number of benzene rings is 2. The van der Waals surface area contributed by atoms with Gasteiger partial charge in [-0.2, -0.15) is 0 Å². The number of guanidine groups is 1. The highest BCUT2D eigenvalue weighted by atomic mass is 16.5. The lowest BCUT2D eigenvalue weighted by atomic mass is 10.1. The second kappa shape index (κ2) is 10.7. The van der Waals surface area contributed by atoms with Crippen LogP contribution >= 0.6 is 0 Å². The molecule has 3 rings (SSSR count). The molecule has 0 aromatic heterocycles. The molecule has 0 saturated heterocycles. The summed E-state index contributed by atoms with van der Waals surface area (Å²) in [5.41, 5.74) is 3.08. The van der Waals surface area contributed by atoms with Crippen molar-refractivity contribution in [3.63, 3.8) is 0 Å². The van der Waals surface area contributed by atoms with Gasteiger partial charge in [-0.1, -0.05) is 12.1 Å². The van der Waals surface area contributed by atoms with E-state index in [1.54, 1.807) is 26.2 Å². The second-order valence-corrected chi connectivity index (χ2v) is 7.62. The highest BCUT2D eigenvalue weighted by Gasteiger charge is 2.24. The molecule has 2 aromatic carbocycles. The zero-order chi connectivity index (χ0) is 23.1. The minimum absolute atomic E-state index is 0.0193. The smallest absolute Gasteiger partial charge is 0.265 e. The van der Waals surface area contributed by atoms with Gasteiger partial charge in [0, 0.05) is 33.7 Å². The Morgan fingerprint density at radius 1 is 1.22 bits per heavy atom. The molecule has 0 unspecified atom stereocenters. The van der Waals surface area contributed by atoms with E-state index in [2.05, 4.69) is 22.1 Å². The number of aliphatic imine (C=N–C) groups is 1. The van der Waals surface area contributed by atoms with Gasteiger partial charge in [0.25, 0.3) is 5.91 Å². The number of para-hydroxylation sites is 2. The van der Waals surface area contributed by atoms with Crippen LogP contribution in [0.1, 0.15) is 17.5 Å². The normalized spacial score (nSPS) is 13.3. The Balaban J connectivity index is 1.56. The molecule has 1 aliphatic heterocycles. The molecule has 32 heavy (non-hydrogen) atoms. The van der Waals surface area contributed by atoms with Crippen molar-refractivity contribution in [3.05, 3.63) is 47.5 Å². The summed E-state index contributed by atoms with van der Waals surface area (Å²) in [6.45, 7) is 4.11. The first-order valence-electron chi connectivity index (χ1n) is 10.6. The number of methoxy groups -OCH3 is 2. The van der Waals surface area contributed by atoms with Crippen molar-refractivity contribution in [2.24, 2.45) is 4.99 Å². The molecule has 172 valence electrons.